The maximum absolute atomic E-state index is 13.0. The zero-order valence-electron chi connectivity index (χ0n) is 31.0. The number of ether oxygens (including phenoxy) is 4. The van der Waals surface area contributed by atoms with E-state index in [2.05, 4.69) is 36.5 Å². The second-order valence-electron chi connectivity index (χ2n) is 13.3. The van der Waals surface area contributed by atoms with Gasteiger partial charge in [0.1, 0.15) is 23.3 Å². The van der Waals surface area contributed by atoms with Crippen molar-refractivity contribution >= 4 is 34.8 Å². The Morgan fingerprint density at radius 2 is 1.24 bits per heavy atom. The number of aromatic hydroxyl groups is 1. The average Bonchev–Trinajstić information content (AvgIpc) is 3.44. The molecule has 286 valence electrons. The van der Waals surface area contributed by atoms with Gasteiger partial charge >= 0.3 is 0 Å². The van der Waals surface area contributed by atoms with Crippen molar-refractivity contribution in [3.8, 4) is 17.2 Å². The average molecular weight is 747 g/mol. The van der Waals surface area contributed by atoms with Crippen molar-refractivity contribution < 1.29 is 43.2 Å². The van der Waals surface area contributed by atoms with Gasteiger partial charge in [0.05, 0.1) is 24.3 Å². The molecule has 0 spiro atoms. The van der Waals surface area contributed by atoms with E-state index in [1.165, 1.54) is 23.3 Å². The predicted octanol–water partition coefficient (Wildman–Crippen LogP) is 6.82. The highest BCUT2D eigenvalue weighted by molar-refractivity contribution is 6.23. The summed E-state index contributed by atoms with van der Waals surface area (Å²) in [5.74, 6) is -0.694. The van der Waals surface area contributed by atoms with Crippen LogP contribution in [0, 0.1) is 0 Å². The van der Waals surface area contributed by atoms with Gasteiger partial charge in [-0.1, -0.05) is 61.5 Å². The van der Waals surface area contributed by atoms with E-state index in [4.69, 9.17) is 18.9 Å². The van der Waals surface area contributed by atoms with E-state index < -0.39 is 29.7 Å². The van der Waals surface area contributed by atoms with Crippen LogP contribution in [0.15, 0.2) is 97.1 Å². The second-order valence-corrected chi connectivity index (χ2v) is 13.3. The Kier molecular flexibility index (Phi) is 13.5. The van der Waals surface area contributed by atoms with E-state index in [-0.39, 0.29) is 29.7 Å². The van der Waals surface area contributed by atoms with Crippen molar-refractivity contribution in [1.82, 2.24) is 10.2 Å². The molecular weight excluding hydrogens is 700 g/mol. The molecule has 0 saturated carbocycles. The molecule has 1 saturated heterocycles. The molecule has 0 bridgehead atoms. The molecule has 55 heavy (non-hydrogen) atoms. The van der Waals surface area contributed by atoms with Crippen molar-refractivity contribution in [2.45, 2.75) is 51.5 Å². The van der Waals surface area contributed by atoms with Gasteiger partial charge < -0.3 is 24.1 Å². The zero-order chi connectivity index (χ0) is 38.6. The van der Waals surface area contributed by atoms with Gasteiger partial charge in [0.25, 0.3) is 11.8 Å². The molecule has 4 amide bonds. The summed E-state index contributed by atoms with van der Waals surface area (Å²) in [4.78, 5) is 50.5. The van der Waals surface area contributed by atoms with Gasteiger partial charge in [0.15, 0.2) is 0 Å². The number of benzene rings is 4. The Balaban J connectivity index is 0.845. The Morgan fingerprint density at radius 1 is 0.673 bits per heavy atom. The van der Waals surface area contributed by atoms with Crippen molar-refractivity contribution in [3.05, 3.63) is 125 Å². The molecule has 1 atom stereocenters. The largest absolute Gasteiger partial charge is 0.508 e. The number of phenolic OH excluding ortho intramolecular Hbond substituents is 1. The molecule has 2 aliphatic rings. The molecule has 1 unspecified atom stereocenters. The number of fused-ring (bicyclic) bond motifs is 1. The molecule has 2 N–H and O–H groups in total. The first-order chi connectivity index (χ1) is 26.8. The molecule has 0 aromatic heterocycles. The van der Waals surface area contributed by atoms with E-state index in [1.807, 2.05) is 42.5 Å². The third kappa shape index (κ3) is 9.86. The molecule has 2 aliphatic heterocycles. The van der Waals surface area contributed by atoms with Gasteiger partial charge in [-0.25, -0.2) is 0 Å². The predicted molar refractivity (Wildman–Crippen MR) is 207 cm³/mol. The van der Waals surface area contributed by atoms with Crippen LogP contribution in [-0.4, -0.2) is 79.3 Å². The first kappa shape index (κ1) is 38.9. The van der Waals surface area contributed by atoms with Crippen LogP contribution in [0.4, 0.5) is 0 Å². The first-order valence-corrected chi connectivity index (χ1v) is 18.8. The van der Waals surface area contributed by atoms with Crippen LogP contribution in [0.2, 0.25) is 0 Å². The summed E-state index contributed by atoms with van der Waals surface area (Å²) in [6, 6.07) is 29.5. The number of allylic oxidation sites excluding steroid dienone is 1. The summed E-state index contributed by atoms with van der Waals surface area (Å²) in [7, 11) is 0. The monoisotopic (exact) mass is 746 g/mol. The molecular formula is C44H46N2O9. The lowest BCUT2D eigenvalue weighted by molar-refractivity contribution is -0.136. The lowest BCUT2D eigenvalue weighted by Gasteiger charge is -2.27. The van der Waals surface area contributed by atoms with Gasteiger partial charge in [-0.05, 0) is 89.6 Å². The second kappa shape index (κ2) is 19.0. The van der Waals surface area contributed by atoms with Gasteiger partial charge in [0.2, 0.25) is 11.8 Å². The number of rotatable bonds is 19. The van der Waals surface area contributed by atoms with E-state index in [0.29, 0.717) is 51.8 Å². The van der Waals surface area contributed by atoms with Crippen LogP contribution in [0.25, 0.3) is 11.1 Å². The lowest BCUT2D eigenvalue weighted by atomic mass is 9.88. The minimum atomic E-state index is -1.00. The summed E-state index contributed by atoms with van der Waals surface area (Å²) in [5.41, 5.74) is 6.04. The number of carbonyl (C=O) groups excluding carboxylic acids is 4. The van der Waals surface area contributed by atoms with Crippen molar-refractivity contribution in [3.63, 3.8) is 0 Å². The van der Waals surface area contributed by atoms with Crippen LogP contribution in [0.5, 0.6) is 17.2 Å². The van der Waals surface area contributed by atoms with Crippen molar-refractivity contribution in [2.75, 3.05) is 39.6 Å². The van der Waals surface area contributed by atoms with E-state index in [1.54, 1.807) is 18.2 Å². The number of nitrogens with zero attached hydrogens (tertiary/aromatic N) is 1. The lowest BCUT2D eigenvalue weighted by Crippen LogP contribution is -2.54. The molecule has 0 aliphatic carbocycles. The molecule has 6 rings (SSSR count). The van der Waals surface area contributed by atoms with Gasteiger partial charge in [-0.3, -0.25) is 29.4 Å². The molecule has 11 heteroatoms. The standard InChI is InChI=1S/C44H46N2O9/c1-2-36(30-9-4-3-5-10-30)41(31-11-15-33(47)16-12-31)32-13-17-34(18-14-32)54-27-7-25-52-23-6-24-53-26-8-28-55-35-19-20-37-38(29-35)44(51)46(43(37)50)39-21-22-40(48)45-42(39)49/h3-5,9-20,29,39,47H,2,6-8,21-28H2,1H3,(H,45,48,49). The minimum Gasteiger partial charge on any atom is -0.508 e. The molecule has 11 nitrogen and oxygen atoms in total. The Labute approximate surface area is 320 Å². The number of imide groups is 2. The third-order valence-corrected chi connectivity index (χ3v) is 9.47. The van der Waals surface area contributed by atoms with Crippen LogP contribution >= 0.6 is 0 Å². The number of carbonyl (C=O) groups is 4. The fraction of sp³-hybridized carbons (Fsp3) is 0.318. The smallest absolute Gasteiger partial charge is 0.262 e. The molecule has 4 aromatic carbocycles. The summed E-state index contributed by atoms with van der Waals surface area (Å²) in [5, 5.41) is 12.1. The molecule has 0 radical (unpaired) electrons. The zero-order valence-corrected chi connectivity index (χ0v) is 31.0. The maximum Gasteiger partial charge on any atom is 0.262 e. The summed E-state index contributed by atoms with van der Waals surface area (Å²) >= 11 is 0. The Morgan fingerprint density at radius 3 is 1.85 bits per heavy atom. The first-order valence-electron chi connectivity index (χ1n) is 18.8. The quantitative estimate of drug-likeness (QED) is 0.0601. The van der Waals surface area contributed by atoms with Gasteiger partial charge in [-0.2, -0.15) is 0 Å². The summed E-state index contributed by atoms with van der Waals surface area (Å²) < 4.78 is 23.2. The highest BCUT2D eigenvalue weighted by atomic mass is 16.5. The van der Waals surface area contributed by atoms with Crippen LogP contribution in [-0.2, 0) is 19.1 Å². The number of piperidine rings is 1. The van der Waals surface area contributed by atoms with E-state index in [0.717, 1.165) is 46.6 Å². The minimum absolute atomic E-state index is 0.0701. The SMILES string of the molecule is CCC(=C(c1ccc(O)cc1)c1ccc(OCCCOCCCOCCCOc2ccc3c(c2)C(=O)N(C2CCC(=O)NC2=O)C3=O)cc1)c1ccccc1. The normalized spacial score (nSPS) is 15.8. The fourth-order valence-corrected chi connectivity index (χ4v) is 6.73. The van der Waals surface area contributed by atoms with Gasteiger partial charge in [0, 0.05) is 45.7 Å². The maximum atomic E-state index is 13.0. The molecule has 1 fully saturated rings. The topological polar surface area (TPSA) is 141 Å². The van der Waals surface area contributed by atoms with E-state index >= 15 is 0 Å². The van der Waals surface area contributed by atoms with Crippen LogP contribution in [0.1, 0.15) is 82.9 Å². The molecule has 4 aromatic rings. The number of hydrogen-bond donors (Lipinski definition) is 2. The Hall–Kier alpha value is -5.78. The number of nitrogens with one attached hydrogen (secondary N) is 1. The van der Waals surface area contributed by atoms with Crippen LogP contribution in [0.3, 0.4) is 0 Å². The highest BCUT2D eigenvalue weighted by Crippen LogP contribution is 2.36. The number of phenols is 1. The highest BCUT2D eigenvalue weighted by Gasteiger charge is 2.44. The van der Waals surface area contributed by atoms with Crippen molar-refractivity contribution in [2.24, 2.45) is 0 Å². The summed E-state index contributed by atoms with van der Waals surface area (Å²) in [6.07, 6.45) is 3.17. The molecule has 2 heterocycles. The summed E-state index contributed by atoms with van der Waals surface area (Å²) in [6.45, 7) is 5.27. The third-order valence-electron chi connectivity index (χ3n) is 9.47. The van der Waals surface area contributed by atoms with Crippen molar-refractivity contribution in [1.29, 1.82) is 0 Å². The number of hydrogen-bond acceptors (Lipinski definition) is 9. The number of amides is 4. The Bertz CT molecular complexity index is 1990. The van der Waals surface area contributed by atoms with Crippen LogP contribution < -0.4 is 14.8 Å². The fourth-order valence-electron chi connectivity index (χ4n) is 6.73. The van der Waals surface area contributed by atoms with E-state index in [9.17, 15) is 24.3 Å². The van der Waals surface area contributed by atoms with Gasteiger partial charge in [-0.15, -0.1) is 0 Å².